The van der Waals surface area contributed by atoms with Gasteiger partial charge in [-0.1, -0.05) is 57.2 Å². The number of unbranched alkanes of at least 4 members (excludes halogenated alkanes) is 5. The van der Waals surface area contributed by atoms with Gasteiger partial charge in [-0.05, 0) is 24.5 Å². The SMILES string of the molecule is CCCCCCCCc1cc(=O)oc2ccccc12. The van der Waals surface area contributed by atoms with Gasteiger partial charge in [0.15, 0.2) is 0 Å². The van der Waals surface area contributed by atoms with Gasteiger partial charge >= 0.3 is 5.63 Å². The van der Waals surface area contributed by atoms with Gasteiger partial charge in [0.25, 0.3) is 0 Å². The second kappa shape index (κ2) is 7.13. The summed E-state index contributed by atoms with van der Waals surface area (Å²) in [4.78, 5) is 11.5. The monoisotopic (exact) mass is 258 g/mol. The van der Waals surface area contributed by atoms with Crippen molar-refractivity contribution in [2.45, 2.75) is 51.9 Å². The standard InChI is InChI=1S/C17H22O2/c1-2-3-4-5-6-7-10-14-13-17(18)19-16-12-9-8-11-15(14)16/h8-9,11-13H,2-7,10H2,1H3. The van der Waals surface area contributed by atoms with E-state index in [9.17, 15) is 4.79 Å². The second-order valence-electron chi connectivity index (χ2n) is 5.10. The van der Waals surface area contributed by atoms with Crippen LogP contribution in [0, 0.1) is 0 Å². The quantitative estimate of drug-likeness (QED) is 0.532. The highest BCUT2D eigenvalue weighted by Gasteiger charge is 2.04. The van der Waals surface area contributed by atoms with Crippen molar-refractivity contribution in [2.75, 3.05) is 0 Å². The number of para-hydroxylation sites is 1. The molecule has 2 aromatic rings. The zero-order valence-electron chi connectivity index (χ0n) is 11.7. The van der Waals surface area contributed by atoms with E-state index in [2.05, 4.69) is 6.92 Å². The van der Waals surface area contributed by atoms with Crippen molar-refractivity contribution < 1.29 is 4.42 Å². The molecule has 1 heterocycles. The van der Waals surface area contributed by atoms with Crippen LogP contribution in [0.4, 0.5) is 0 Å². The summed E-state index contributed by atoms with van der Waals surface area (Å²) in [5.41, 5.74) is 1.60. The summed E-state index contributed by atoms with van der Waals surface area (Å²) in [6.45, 7) is 2.23. The van der Waals surface area contributed by atoms with E-state index >= 15 is 0 Å². The zero-order chi connectivity index (χ0) is 13.5. The first kappa shape index (κ1) is 13.9. The van der Waals surface area contributed by atoms with E-state index < -0.39 is 0 Å². The molecule has 0 aliphatic carbocycles. The number of fused-ring (bicyclic) bond motifs is 1. The third-order valence-corrected chi connectivity index (χ3v) is 3.54. The number of hydrogen-bond acceptors (Lipinski definition) is 2. The Morgan fingerprint density at radius 2 is 1.74 bits per heavy atom. The molecule has 0 N–H and O–H groups in total. The average Bonchev–Trinajstić information content (AvgIpc) is 2.42. The van der Waals surface area contributed by atoms with Crippen LogP contribution in [0.15, 0.2) is 39.5 Å². The van der Waals surface area contributed by atoms with Crippen molar-refractivity contribution in [2.24, 2.45) is 0 Å². The zero-order valence-corrected chi connectivity index (χ0v) is 11.7. The molecule has 0 fully saturated rings. The lowest BCUT2D eigenvalue weighted by molar-refractivity contribution is 0.556. The van der Waals surface area contributed by atoms with E-state index in [1.807, 2.05) is 24.3 Å². The molecule has 0 saturated heterocycles. The number of rotatable bonds is 7. The number of benzene rings is 1. The van der Waals surface area contributed by atoms with Gasteiger partial charge in [0.05, 0.1) is 0 Å². The lowest BCUT2D eigenvalue weighted by atomic mass is 10.0. The molecule has 1 aromatic carbocycles. The largest absolute Gasteiger partial charge is 0.423 e. The lowest BCUT2D eigenvalue weighted by Crippen LogP contribution is -2.00. The normalized spacial score (nSPS) is 11.0. The fourth-order valence-electron chi connectivity index (χ4n) is 2.48. The third-order valence-electron chi connectivity index (χ3n) is 3.54. The molecule has 102 valence electrons. The van der Waals surface area contributed by atoms with Crippen LogP contribution in [0.1, 0.15) is 51.0 Å². The maximum absolute atomic E-state index is 11.5. The Hall–Kier alpha value is -1.57. The van der Waals surface area contributed by atoms with Gasteiger partial charge < -0.3 is 4.42 Å². The van der Waals surface area contributed by atoms with Crippen LogP contribution in [-0.2, 0) is 6.42 Å². The topological polar surface area (TPSA) is 30.2 Å². The minimum atomic E-state index is -0.236. The molecule has 0 unspecified atom stereocenters. The molecule has 2 rings (SSSR count). The van der Waals surface area contributed by atoms with Crippen LogP contribution in [0.5, 0.6) is 0 Å². The molecular formula is C17H22O2. The predicted molar refractivity (Wildman–Crippen MR) is 79.6 cm³/mol. The van der Waals surface area contributed by atoms with Gasteiger partial charge in [0, 0.05) is 11.5 Å². The van der Waals surface area contributed by atoms with Crippen molar-refractivity contribution in [3.8, 4) is 0 Å². The summed E-state index contributed by atoms with van der Waals surface area (Å²) < 4.78 is 5.21. The molecule has 0 bridgehead atoms. The lowest BCUT2D eigenvalue weighted by Gasteiger charge is -2.05. The Balaban J connectivity index is 1.98. The van der Waals surface area contributed by atoms with Crippen LogP contribution in [0.2, 0.25) is 0 Å². The third kappa shape index (κ3) is 3.95. The minimum absolute atomic E-state index is 0.236. The Morgan fingerprint density at radius 3 is 2.58 bits per heavy atom. The molecular weight excluding hydrogens is 236 g/mol. The smallest absolute Gasteiger partial charge is 0.336 e. The van der Waals surface area contributed by atoms with E-state index in [0.717, 1.165) is 23.8 Å². The van der Waals surface area contributed by atoms with Gasteiger partial charge in [0.2, 0.25) is 0 Å². The molecule has 0 amide bonds. The molecule has 1 aromatic heterocycles. The highest BCUT2D eigenvalue weighted by atomic mass is 16.4. The Morgan fingerprint density at radius 1 is 1.00 bits per heavy atom. The van der Waals surface area contributed by atoms with E-state index in [0.29, 0.717) is 5.58 Å². The summed E-state index contributed by atoms with van der Waals surface area (Å²) in [5, 5.41) is 1.08. The fraction of sp³-hybridized carbons (Fsp3) is 0.471. The van der Waals surface area contributed by atoms with Crippen LogP contribution < -0.4 is 5.63 Å². The van der Waals surface area contributed by atoms with Crippen molar-refractivity contribution in [3.05, 3.63) is 46.3 Å². The Kier molecular flexibility index (Phi) is 5.20. The van der Waals surface area contributed by atoms with Gasteiger partial charge in [0.1, 0.15) is 5.58 Å². The highest BCUT2D eigenvalue weighted by molar-refractivity contribution is 5.79. The summed E-state index contributed by atoms with van der Waals surface area (Å²) in [5.74, 6) is 0. The van der Waals surface area contributed by atoms with E-state index in [-0.39, 0.29) is 5.63 Å². The number of aryl methyl sites for hydroxylation is 1. The molecule has 0 spiro atoms. The molecule has 0 aliphatic rings. The second-order valence-corrected chi connectivity index (χ2v) is 5.10. The maximum Gasteiger partial charge on any atom is 0.336 e. The van der Waals surface area contributed by atoms with Gasteiger partial charge in [-0.3, -0.25) is 0 Å². The summed E-state index contributed by atoms with van der Waals surface area (Å²) in [7, 11) is 0. The van der Waals surface area contributed by atoms with Crippen LogP contribution in [-0.4, -0.2) is 0 Å². The van der Waals surface area contributed by atoms with Crippen molar-refractivity contribution >= 4 is 11.0 Å². The highest BCUT2D eigenvalue weighted by Crippen LogP contribution is 2.18. The maximum atomic E-state index is 11.5. The summed E-state index contributed by atoms with van der Waals surface area (Å²) in [6.07, 6.45) is 8.60. The van der Waals surface area contributed by atoms with E-state index in [4.69, 9.17) is 4.42 Å². The van der Waals surface area contributed by atoms with E-state index in [1.165, 1.54) is 32.1 Å². The molecule has 0 atom stereocenters. The molecule has 19 heavy (non-hydrogen) atoms. The van der Waals surface area contributed by atoms with Crippen molar-refractivity contribution in [3.63, 3.8) is 0 Å². The first-order valence-corrected chi connectivity index (χ1v) is 7.33. The fourth-order valence-corrected chi connectivity index (χ4v) is 2.48. The molecule has 2 nitrogen and oxygen atoms in total. The van der Waals surface area contributed by atoms with Gasteiger partial charge in [-0.25, -0.2) is 4.79 Å². The van der Waals surface area contributed by atoms with Crippen LogP contribution >= 0.6 is 0 Å². The predicted octanol–water partition coefficient (Wildman–Crippen LogP) is 4.70. The Bertz CT molecular complexity index is 569. The summed E-state index contributed by atoms with van der Waals surface area (Å²) in [6, 6.07) is 9.44. The van der Waals surface area contributed by atoms with Gasteiger partial charge in [-0.2, -0.15) is 0 Å². The number of hydrogen-bond donors (Lipinski definition) is 0. The summed E-state index contributed by atoms with van der Waals surface area (Å²) >= 11 is 0. The van der Waals surface area contributed by atoms with Crippen LogP contribution in [0.3, 0.4) is 0 Å². The average molecular weight is 258 g/mol. The first-order chi connectivity index (χ1) is 9.31. The van der Waals surface area contributed by atoms with Crippen molar-refractivity contribution in [1.82, 2.24) is 0 Å². The Labute approximate surface area is 114 Å². The molecule has 0 radical (unpaired) electrons. The molecule has 2 heteroatoms. The molecule has 0 saturated carbocycles. The van der Waals surface area contributed by atoms with Gasteiger partial charge in [-0.15, -0.1) is 0 Å². The van der Waals surface area contributed by atoms with Crippen LogP contribution in [0.25, 0.3) is 11.0 Å². The molecule has 0 aliphatic heterocycles. The van der Waals surface area contributed by atoms with Crippen molar-refractivity contribution in [1.29, 1.82) is 0 Å². The van der Waals surface area contributed by atoms with E-state index in [1.54, 1.807) is 6.07 Å². The first-order valence-electron chi connectivity index (χ1n) is 7.33. The minimum Gasteiger partial charge on any atom is -0.423 e.